The van der Waals surface area contributed by atoms with Crippen molar-refractivity contribution in [3.8, 4) is 11.3 Å². The summed E-state index contributed by atoms with van der Waals surface area (Å²) >= 11 is 0. The molecule has 3 aromatic rings. The van der Waals surface area contributed by atoms with E-state index in [4.69, 9.17) is 4.52 Å². The van der Waals surface area contributed by atoms with E-state index in [9.17, 15) is 13.6 Å². The number of benzene rings is 1. The van der Waals surface area contributed by atoms with E-state index < -0.39 is 11.6 Å². The smallest absolute Gasteiger partial charge is 0.227 e. The van der Waals surface area contributed by atoms with Crippen molar-refractivity contribution in [2.24, 2.45) is 5.92 Å². The Morgan fingerprint density at radius 2 is 2.19 bits per heavy atom. The number of nitrogens with zero attached hydrogens (tertiary/aromatic N) is 4. The first-order chi connectivity index (χ1) is 13.0. The lowest BCUT2D eigenvalue weighted by Crippen LogP contribution is -2.40. The molecule has 1 aliphatic heterocycles. The van der Waals surface area contributed by atoms with Gasteiger partial charge in [-0.15, -0.1) is 0 Å². The molecule has 0 saturated carbocycles. The summed E-state index contributed by atoms with van der Waals surface area (Å²) in [6.45, 7) is 3.22. The molecule has 3 heterocycles. The van der Waals surface area contributed by atoms with Crippen molar-refractivity contribution in [3.63, 3.8) is 0 Å². The largest absolute Gasteiger partial charge is 0.360 e. The molecule has 8 heteroatoms. The van der Waals surface area contributed by atoms with E-state index in [-0.39, 0.29) is 11.8 Å². The van der Waals surface area contributed by atoms with Gasteiger partial charge in [-0.25, -0.2) is 8.78 Å². The van der Waals surface area contributed by atoms with Crippen LogP contribution >= 0.6 is 0 Å². The fraction of sp³-hybridized carbons (Fsp3) is 0.316. The molecule has 0 spiro atoms. The maximum atomic E-state index is 13.6. The van der Waals surface area contributed by atoms with E-state index in [1.54, 1.807) is 15.8 Å². The van der Waals surface area contributed by atoms with Gasteiger partial charge in [0.1, 0.15) is 11.5 Å². The van der Waals surface area contributed by atoms with Gasteiger partial charge >= 0.3 is 0 Å². The van der Waals surface area contributed by atoms with Crippen molar-refractivity contribution in [2.45, 2.75) is 26.4 Å². The molecule has 2 aromatic heterocycles. The Bertz CT molecular complexity index is 968. The highest BCUT2D eigenvalue weighted by Gasteiger charge is 2.30. The van der Waals surface area contributed by atoms with E-state index in [0.29, 0.717) is 43.1 Å². The van der Waals surface area contributed by atoms with Gasteiger partial charge in [0, 0.05) is 36.5 Å². The number of rotatable bonds is 4. The summed E-state index contributed by atoms with van der Waals surface area (Å²) in [6, 6.07) is 5.42. The fourth-order valence-electron chi connectivity index (χ4n) is 3.35. The van der Waals surface area contributed by atoms with Crippen LogP contribution < -0.4 is 0 Å². The first kappa shape index (κ1) is 17.4. The second-order valence-electron chi connectivity index (χ2n) is 6.70. The van der Waals surface area contributed by atoms with Gasteiger partial charge < -0.3 is 9.42 Å². The quantitative estimate of drug-likeness (QED) is 0.706. The lowest BCUT2D eigenvalue weighted by molar-refractivity contribution is -0.136. The van der Waals surface area contributed by atoms with Crippen LogP contribution in [0.3, 0.4) is 0 Å². The topological polar surface area (TPSA) is 64.2 Å². The van der Waals surface area contributed by atoms with Crippen LogP contribution in [0.25, 0.3) is 11.3 Å². The van der Waals surface area contributed by atoms with Crippen molar-refractivity contribution in [3.05, 3.63) is 59.6 Å². The zero-order chi connectivity index (χ0) is 19.0. The van der Waals surface area contributed by atoms with E-state index in [1.165, 1.54) is 6.07 Å². The minimum Gasteiger partial charge on any atom is -0.360 e. The molecule has 0 radical (unpaired) electrons. The monoisotopic (exact) mass is 372 g/mol. The van der Waals surface area contributed by atoms with Crippen LogP contribution in [-0.2, 0) is 24.3 Å². The summed E-state index contributed by atoms with van der Waals surface area (Å²) in [4.78, 5) is 14.6. The molecule has 0 unspecified atom stereocenters. The number of fused-ring (bicyclic) bond motifs is 1. The Hall–Kier alpha value is -3.03. The summed E-state index contributed by atoms with van der Waals surface area (Å²) in [7, 11) is 0. The summed E-state index contributed by atoms with van der Waals surface area (Å²) in [5.74, 6) is -1.41. The summed E-state index contributed by atoms with van der Waals surface area (Å²) in [5, 5.41) is 8.16. The van der Waals surface area contributed by atoms with Crippen molar-refractivity contribution in [1.29, 1.82) is 0 Å². The molecular weight excluding hydrogens is 354 g/mol. The van der Waals surface area contributed by atoms with Gasteiger partial charge in [0.2, 0.25) is 5.91 Å². The first-order valence-electron chi connectivity index (χ1n) is 8.72. The highest BCUT2D eigenvalue weighted by molar-refractivity contribution is 5.79. The molecule has 27 heavy (non-hydrogen) atoms. The molecule has 0 N–H and O–H groups in total. The van der Waals surface area contributed by atoms with Crippen LogP contribution in [0.4, 0.5) is 8.78 Å². The molecule has 1 amide bonds. The number of hydrogen-bond donors (Lipinski definition) is 0. The molecule has 1 aromatic carbocycles. The Morgan fingerprint density at radius 3 is 2.93 bits per heavy atom. The van der Waals surface area contributed by atoms with E-state index in [1.807, 2.05) is 19.2 Å². The minimum atomic E-state index is -0.944. The van der Waals surface area contributed by atoms with Crippen molar-refractivity contribution < 1.29 is 18.1 Å². The lowest BCUT2D eigenvalue weighted by Gasteiger charge is -2.28. The molecule has 4 rings (SSSR count). The number of carbonyl (C=O) groups is 1. The molecule has 0 saturated heterocycles. The van der Waals surface area contributed by atoms with Crippen molar-refractivity contribution in [1.82, 2.24) is 19.8 Å². The van der Waals surface area contributed by atoms with Gasteiger partial charge in [0.05, 0.1) is 19.0 Å². The minimum absolute atomic E-state index is 0.00795. The third-order valence-corrected chi connectivity index (χ3v) is 4.77. The fourth-order valence-corrected chi connectivity index (χ4v) is 3.35. The number of halogens is 2. The zero-order valence-electron chi connectivity index (χ0n) is 14.7. The molecule has 6 nitrogen and oxygen atoms in total. The van der Waals surface area contributed by atoms with Crippen molar-refractivity contribution in [2.75, 3.05) is 6.54 Å². The van der Waals surface area contributed by atoms with Gasteiger partial charge in [-0.1, -0.05) is 12.1 Å². The van der Waals surface area contributed by atoms with Crippen LogP contribution in [0.15, 0.2) is 41.2 Å². The Kier molecular flexibility index (Phi) is 4.47. The van der Waals surface area contributed by atoms with E-state index >= 15 is 0 Å². The molecule has 1 aliphatic rings. The zero-order valence-corrected chi connectivity index (χ0v) is 14.7. The number of amides is 1. The average molecular weight is 372 g/mol. The van der Waals surface area contributed by atoms with Crippen LogP contribution in [0.1, 0.15) is 18.2 Å². The third-order valence-electron chi connectivity index (χ3n) is 4.77. The first-order valence-corrected chi connectivity index (χ1v) is 8.72. The standard InChI is InChI=1S/C19H18F2N4O2/c1-12(10-25-7-2-6-22-25)19(26)24-8-5-17-14(11-24)18(23-27-17)13-3-4-15(20)16(21)9-13/h2-4,6-7,9,12H,5,8,10-11H2,1H3/t12-/m0/s1. The van der Waals surface area contributed by atoms with E-state index in [2.05, 4.69) is 10.3 Å². The van der Waals surface area contributed by atoms with Crippen LogP contribution in [-0.4, -0.2) is 32.3 Å². The highest BCUT2D eigenvalue weighted by Crippen LogP contribution is 2.31. The molecule has 0 aliphatic carbocycles. The van der Waals surface area contributed by atoms with Crippen molar-refractivity contribution >= 4 is 5.91 Å². The summed E-state index contributed by atoms with van der Waals surface area (Å²) in [5.41, 5.74) is 1.62. The highest BCUT2D eigenvalue weighted by atomic mass is 19.2. The number of carbonyl (C=O) groups excluding carboxylic acids is 1. The molecule has 0 bridgehead atoms. The average Bonchev–Trinajstić information content (AvgIpc) is 3.32. The lowest BCUT2D eigenvalue weighted by atomic mass is 10.00. The summed E-state index contributed by atoms with van der Waals surface area (Å²) < 4.78 is 33.9. The van der Waals surface area contributed by atoms with Gasteiger partial charge in [0.25, 0.3) is 0 Å². The molecule has 0 fully saturated rings. The predicted octanol–water partition coefficient (Wildman–Crippen LogP) is 3.04. The Balaban J connectivity index is 1.54. The summed E-state index contributed by atoms with van der Waals surface area (Å²) in [6.07, 6.45) is 4.03. The third kappa shape index (κ3) is 3.34. The molecule has 1 atom stereocenters. The van der Waals surface area contributed by atoms with Crippen LogP contribution in [0, 0.1) is 17.6 Å². The second kappa shape index (κ2) is 6.94. The second-order valence-corrected chi connectivity index (χ2v) is 6.70. The maximum Gasteiger partial charge on any atom is 0.227 e. The molecular formula is C19H18F2N4O2. The Morgan fingerprint density at radius 1 is 1.33 bits per heavy atom. The number of hydrogen-bond acceptors (Lipinski definition) is 4. The Labute approximate surface area is 154 Å². The van der Waals surface area contributed by atoms with Crippen LogP contribution in [0.2, 0.25) is 0 Å². The van der Waals surface area contributed by atoms with Gasteiger partial charge in [-0.05, 0) is 24.3 Å². The van der Waals surface area contributed by atoms with Gasteiger partial charge in [-0.3, -0.25) is 9.48 Å². The van der Waals surface area contributed by atoms with E-state index in [0.717, 1.165) is 17.7 Å². The van der Waals surface area contributed by atoms with Crippen LogP contribution in [0.5, 0.6) is 0 Å². The maximum absolute atomic E-state index is 13.6. The number of aromatic nitrogens is 3. The predicted molar refractivity (Wildman–Crippen MR) is 92.4 cm³/mol. The molecule has 140 valence electrons. The normalized spacial score (nSPS) is 14.9. The van der Waals surface area contributed by atoms with Gasteiger partial charge in [0.15, 0.2) is 11.6 Å². The van der Waals surface area contributed by atoms with Gasteiger partial charge in [-0.2, -0.15) is 5.10 Å². The SMILES string of the molecule is C[C@@H](Cn1cccn1)C(=O)N1CCc2onc(-c3ccc(F)c(F)c3)c2C1.